The van der Waals surface area contributed by atoms with Crippen molar-refractivity contribution in [3.63, 3.8) is 0 Å². The van der Waals surface area contributed by atoms with Crippen molar-refractivity contribution >= 4 is 40.5 Å². The molecule has 2 rings (SSSR count). The van der Waals surface area contributed by atoms with Gasteiger partial charge in [0.2, 0.25) is 5.91 Å². The van der Waals surface area contributed by atoms with Gasteiger partial charge in [0.25, 0.3) is 0 Å². The van der Waals surface area contributed by atoms with E-state index in [1.165, 1.54) is 0 Å². The molecule has 0 bridgehead atoms. The minimum atomic E-state index is -0.0258. The van der Waals surface area contributed by atoms with Crippen LogP contribution in [0.5, 0.6) is 0 Å². The molecule has 0 saturated carbocycles. The third kappa shape index (κ3) is 4.58. The van der Waals surface area contributed by atoms with Crippen molar-refractivity contribution in [2.45, 2.75) is 45.2 Å². The van der Waals surface area contributed by atoms with Gasteiger partial charge in [-0.25, -0.2) is 0 Å². The first-order valence-corrected chi connectivity index (χ1v) is 8.20. The van der Waals surface area contributed by atoms with Crippen LogP contribution in [0.3, 0.4) is 0 Å². The van der Waals surface area contributed by atoms with Crippen LogP contribution in [-0.2, 0) is 4.79 Å². The SMILES string of the molecule is C[C@H]1CC(C)(C)NC(=S)N1CCC(=O)Nc1ccc(Cl)cc1. The van der Waals surface area contributed by atoms with Crippen LogP contribution in [0, 0.1) is 0 Å². The molecule has 1 aromatic rings. The molecule has 1 heterocycles. The molecule has 6 heteroatoms. The fraction of sp³-hybridized carbons (Fsp3) is 0.500. The number of anilines is 1. The summed E-state index contributed by atoms with van der Waals surface area (Å²) in [6.45, 7) is 7.04. The molecule has 22 heavy (non-hydrogen) atoms. The molecule has 2 N–H and O–H groups in total. The number of benzene rings is 1. The fourth-order valence-electron chi connectivity index (χ4n) is 2.76. The lowest BCUT2D eigenvalue weighted by molar-refractivity contribution is -0.116. The monoisotopic (exact) mass is 339 g/mol. The normalized spacial score (nSPS) is 20.5. The summed E-state index contributed by atoms with van der Waals surface area (Å²) in [6.07, 6.45) is 1.39. The van der Waals surface area contributed by atoms with Gasteiger partial charge >= 0.3 is 0 Å². The standard InChI is InChI=1S/C16H22ClN3OS/c1-11-10-16(2,3)19-15(22)20(11)9-8-14(21)18-13-6-4-12(17)5-7-13/h4-7,11H,8-10H2,1-3H3,(H,18,21)(H,19,22)/t11-/m0/s1. The van der Waals surface area contributed by atoms with Gasteiger partial charge in [-0.3, -0.25) is 4.79 Å². The Morgan fingerprint density at radius 2 is 2.09 bits per heavy atom. The number of nitrogens with zero attached hydrogens (tertiary/aromatic N) is 1. The maximum atomic E-state index is 12.0. The highest BCUT2D eigenvalue weighted by Crippen LogP contribution is 2.22. The molecule has 120 valence electrons. The van der Waals surface area contributed by atoms with Crippen LogP contribution >= 0.6 is 23.8 Å². The van der Waals surface area contributed by atoms with E-state index in [4.69, 9.17) is 23.8 Å². The van der Waals surface area contributed by atoms with E-state index in [0.29, 0.717) is 24.0 Å². The van der Waals surface area contributed by atoms with Gasteiger partial charge in [0.1, 0.15) is 0 Å². The first-order chi connectivity index (χ1) is 10.3. The number of thiocarbonyl (C=S) groups is 1. The number of hydrogen-bond acceptors (Lipinski definition) is 2. The molecule has 1 amide bonds. The lowest BCUT2D eigenvalue weighted by Crippen LogP contribution is -2.60. The maximum Gasteiger partial charge on any atom is 0.226 e. The summed E-state index contributed by atoms with van der Waals surface area (Å²) in [5.41, 5.74) is 0.765. The molecule has 1 fully saturated rings. The lowest BCUT2D eigenvalue weighted by atomic mass is 9.93. The first-order valence-electron chi connectivity index (χ1n) is 7.41. The summed E-state index contributed by atoms with van der Waals surface area (Å²) >= 11 is 11.2. The molecule has 1 aliphatic heterocycles. The predicted molar refractivity (Wildman–Crippen MR) is 95.3 cm³/mol. The minimum absolute atomic E-state index is 0.0125. The van der Waals surface area contributed by atoms with Gasteiger partial charge in [-0.2, -0.15) is 0 Å². The largest absolute Gasteiger partial charge is 0.358 e. The molecule has 0 spiro atoms. The molecule has 4 nitrogen and oxygen atoms in total. The molecular weight excluding hydrogens is 318 g/mol. The summed E-state index contributed by atoms with van der Waals surface area (Å²) in [5, 5.41) is 7.57. The van der Waals surface area contributed by atoms with E-state index in [-0.39, 0.29) is 11.4 Å². The summed E-state index contributed by atoms with van der Waals surface area (Å²) in [5.74, 6) is -0.0258. The van der Waals surface area contributed by atoms with Crippen LogP contribution in [0.2, 0.25) is 5.02 Å². The molecule has 1 saturated heterocycles. The number of carbonyl (C=O) groups is 1. The van der Waals surface area contributed by atoms with Gasteiger partial charge in [-0.05, 0) is 63.7 Å². The maximum absolute atomic E-state index is 12.0. The Hall–Kier alpha value is -1.33. The summed E-state index contributed by atoms with van der Waals surface area (Å²) in [7, 11) is 0. The molecule has 0 aromatic heterocycles. The third-order valence-corrected chi connectivity index (χ3v) is 4.34. The second-order valence-electron chi connectivity index (χ2n) is 6.37. The molecule has 1 aromatic carbocycles. The van der Waals surface area contributed by atoms with Crippen molar-refractivity contribution in [2.24, 2.45) is 0 Å². The predicted octanol–water partition coefficient (Wildman–Crippen LogP) is 3.42. The molecule has 0 unspecified atom stereocenters. The molecule has 1 aliphatic rings. The minimum Gasteiger partial charge on any atom is -0.358 e. The average Bonchev–Trinajstić information content (AvgIpc) is 2.39. The van der Waals surface area contributed by atoms with Crippen molar-refractivity contribution in [1.82, 2.24) is 10.2 Å². The first kappa shape index (κ1) is 17.0. The Morgan fingerprint density at radius 1 is 1.45 bits per heavy atom. The van der Waals surface area contributed by atoms with Gasteiger partial charge < -0.3 is 15.5 Å². The highest BCUT2D eigenvalue weighted by Gasteiger charge is 2.32. The smallest absolute Gasteiger partial charge is 0.226 e. The van der Waals surface area contributed by atoms with Crippen molar-refractivity contribution < 1.29 is 4.79 Å². The van der Waals surface area contributed by atoms with Crippen molar-refractivity contribution in [2.75, 3.05) is 11.9 Å². The van der Waals surface area contributed by atoms with Gasteiger partial charge in [0, 0.05) is 35.3 Å². The quantitative estimate of drug-likeness (QED) is 0.825. The van der Waals surface area contributed by atoms with Crippen LogP contribution < -0.4 is 10.6 Å². The highest BCUT2D eigenvalue weighted by atomic mass is 35.5. The van der Waals surface area contributed by atoms with Crippen LogP contribution in [-0.4, -0.2) is 34.0 Å². The summed E-state index contributed by atoms with van der Waals surface area (Å²) in [4.78, 5) is 14.1. The van der Waals surface area contributed by atoms with E-state index >= 15 is 0 Å². The number of amides is 1. The number of halogens is 1. The Balaban J connectivity index is 1.85. The van der Waals surface area contributed by atoms with Gasteiger partial charge in [0.05, 0.1) is 0 Å². The number of hydrogen-bond donors (Lipinski definition) is 2. The third-order valence-electron chi connectivity index (χ3n) is 3.75. The zero-order valence-electron chi connectivity index (χ0n) is 13.1. The van der Waals surface area contributed by atoms with E-state index in [1.54, 1.807) is 24.3 Å². The van der Waals surface area contributed by atoms with Crippen molar-refractivity contribution in [3.8, 4) is 0 Å². The van der Waals surface area contributed by atoms with Crippen LogP contribution in [0.25, 0.3) is 0 Å². The van der Waals surface area contributed by atoms with E-state index in [0.717, 1.165) is 17.2 Å². The lowest BCUT2D eigenvalue weighted by Gasteiger charge is -2.44. The highest BCUT2D eigenvalue weighted by molar-refractivity contribution is 7.80. The van der Waals surface area contributed by atoms with Crippen LogP contribution in [0.1, 0.15) is 33.6 Å². The summed E-state index contributed by atoms with van der Waals surface area (Å²) < 4.78 is 0. The Labute approximate surface area is 142 Å². The number of nitrogens with one attached hydrogen (secondary N) is 2. The van der Waals surface area contributed by atoms with Gasteiger partial charge in [-0.15, -0.1) is 0 Å². The zero-order valence-corrected chi connectivity index (χ0v) is 14.7. The summed E-state index contributed by atoms with van der Waals surface area (Å²) in [6, 6.07) is 7.42. The second kappa shape index (κ2) is 6.84. The molecule has 1 atom stereocenters. The van der Waals surface area contributed by atoms with Gasteiger partial charge in [0.15, 0.2) is 5.11 Å². The number of carbonyl (C=O) groups excluding carboxylic acids is 1. The Kier molecular flexibility index (Phi) is 5.29. The Morgan fingerprint density at radius 3 is 2.68 bits per heavy atom. The van der Waals surface area contributed by atoms with Crippen molar-refractivity contribution in [1.29, 1.82) is 0 Å². The Bertz CT molecular complexity index is 559. The van der Waals surface area contributed by atoms with Crippen molar-refractivity contribution in [3.05, 3.63) is 29.3 Å². The molecular formula is C16H22ClN3OS. The topological polar surface area (TPSA) is 44.4 Å². The van der Waals surface area contributed by atoms with E-state index < -0.39 is 0 Å². The molecule has 0 radical (unpaired) electrons. The molecule has 0 aliphatic carbocycles. The average molecular weight is 340 g/mol. The zero-order chi connectivity index (χ0) is 16.3. The van der Waals surface area contributed by atoms with Crippen LogP contribution in [0.15, 0.2) is 24.3 Å². The van der Waals surface area contributed by atoms with Crippen LogP contribution in [0.4, 0.5) is 5.69 Å². The van der Waals surface area contributed by atoms with E-state index in [2.05, 4.69) is 36.3 Å². The van der Waals surface area contributed by atoms with E-state index in [1.807, 2.05) is 0 Å². The van der Waals surface area contributed by atoms with Gasteiger partial charge in [-0.1, -0.05) is 11.6 Å². The van der Waals surface area contributed by atoms with E-state index in [9.17, 15) is 4.79 Å². The second-order valence-corrected chi connectivity index (χ2v) is 7.19. The number of rotatable bonds is 4. The fourth-order valence-corrected chi connectivity index (χ4v) is 3.44.